The minimum absolute atomic E-state index is 0.328. The molecule has 1 heterocycles. The van der Waals surface area contributed by atoms with E-state index in [0.29, 0.717) is 21.6 Å². The van der Waals surface area contributed by atoms with Crippen molar-refractivity contribution in [3.05, 3.63) is 38.1 Å². The highest BCUT2D eigenvalue weighted by Gasteiger charge is 2.19. The molecule has 0 unspecified atom stereocenters. The molecule has 3 nitrogen and oxygen atoms in total. The third kappa shape index (κ3) is 2.91. The molecule has 0 fully saturated rings. The van der Waals surface area contributed by atoms with E-state index in [-0.39, 0.29) is 5.97 Å². The molecule has 0 aliphatic heterocycles. The van der Waals surface area contributed by atoms with Crippen LogP contribution in [-0.4, -0.2) is 17.6 Å². The van der Waals surface area contributed by atoms with Gasteiger partial charge in [-0.1, -0.05) is 51.0 Å². The van der Waals surface area contributed by atoms with Gasteiger partial charge in [-0.2, -0.15) is 0 Å². The quantitative estimate of drug-likeness (QED) is 0.773. The van der Waals surface area contributed by atoms with Crippen LogP contribution in [0, 0.1) is 0 Å². The summed E-state index contributed by atoms with van der Waals surface area (Å²) in [7, 11) is 0. The Bertz CT molecular complexity index is 568. The molecule has 0 N–H and O–H groups in total. The number of carbonyl (C=O) groups excluding carboxylic acids is 1. The zero-order valence-electron chi connectivity index (χ0n) is 9.44. The lowest BCUT2D eigenvalue weighted by Gasteiger charge is -2.02. The van der Waals surface area contributed by atoms with Crippen molar-refractivity contribution >= 4 is 44.8 Å². The second kappa shape index (κ2) is 5.82. The summed E-state index contributed by atoms with van der Waals surface area (Å²) in [4.78, 5) is 16.4. The third-order valence-electron chi connectivity index (χ3n) is 2.18. The van der Waals surface area contributed by atoms with Gasteiger partial charge in [0.1, 0.15) is 4.88 Å². The summed E-state index contributed by atoms with van der Waals surface area (Å²) in [6.45, 7) is 2.09. The maximum atomic E-state index is 11.8. The lowest BCUT2D eigenvalue weighted by atomic mass is 10.1. The lowest BCUT2D eigenvalue weighted by Crippen LogP contribution is -2.03. The minimum Gasteiger partial charge on any atom is -0.462 e. The maximum absolute atomic E-state index is 11.8. The molecule has 0 bridgehead atoms. The number of benzene rings is 1. The van der Waals surface area contributed by atoms with E-state index in [1.807, 2.05) is 24.3 Å². The van der Waals surface area contributed by atoms with Crippen molar-refractivity contribution in [2.24, 2.45) is 0 Å². The van der Waals surface area contributed by atoms with Gasteiger partial charge >= 0.3 is 5.97 Å². The molecule has 0 amide bonds. The number of nitrogens with zero attached hydrogens (tertiary/aromatic N) is 1. The second-order valence-corrected chi connectivity index (χ2v) is 5.87. The van der Waals surface area contributed by atoms with Crippen molar-refractivity contribution in [3.63, 3.8) is 0 Å². The highest BCUT2D eigenvalue weighted by atomic mass is 79.9. The summed E-state index contributed by atoms with van der Waals surface area (Å²) in [6.07, 6.45) is 0. The van der Waals surface area contributed by atoms with E-state index in [0.717, 1.165) is 21.4 Å². The summed E-state index contributed by atoms with van der Waals surface area (Å²) < 4.78 is 6.28. The molecule has 0 saturated heterocycles. The van der Waals surface area contributed by atoms with Crippen LogP contribution < -0.4 is 0 Å². The topological polar surface area (TPSA) is 39.2 Å². The predicted molar refractivity (Wildman–Crippen MR) is 76.2 cm³/mol. The molecule has 1 aromatic carbocycles. The number of thiazole rings is 1. The molecule has 0 aliphatic carbocycles. The molecule has 1 aromatic heterocycles. The van der Waals surface area contributed by atoms with Crippen LogP contribution >= 0.6 is 38.9 Å². The Labute approximate surface area is 122 Å². The van der Waals surface area contributed by atoms with Gasteiger partial charge in [-0.25, -0.2) is 9.78 Å². The molecule has 2 rings (SSSR count). The smallest absolute Gasteiger partial charge is 0.350 e. The Balaban J connectivity index is 2.44. The molecule has 0 atom stereocenters. The number of hydrogen-bond donors (Lipinski definition) is 0. The van der Waals surface area contributed by atoms with E-state index < -0.39 is 0 Å². The monoisotopic (exact) mass is 345 g/mol. The van der Waals surface area contributed by atoms with Gasteiger partial charge in [-0.05, 0) is 19.1 Å². The Morgan fingerprint density at radius 2 is 2.11 bits per heavy atom. The van der Waals surface area contributed by atoms with Crippen LogP contribution in [0.2, 0.25) is 4.47 Å². The van der Waals surface area contributed by atoms with E-state index >= 15 is 0 Å². The van der Waals surface area contributed by atoms with Crippen LogP contribution in [0.1, 0.15) is 16.6 Å². The zero-order chi connectivity index (χ0) is 13.1. The number of carbonyl (C=O) groups is 1. The summed E-state index contributed by atoms with van der Waals surface area (Å²) in [5.74, 6) is -0.389. The first-order chi connectivity index (χ1) is 8.61. The van der Waals surface area contributed by atoms with Crippen molar-refractivity contribution in [2.45, 2.75) is 6.92 Å². The average molecular weight is 347 g/mol. The molecule has 94 valence electrons. The zero-order valence-corrected chi connectivity index (χ0v) is 12.6. The van der Waals surface area contributed by atoms with E-state index in [9.17, 15) is 4.79 Å². The highest BCUT2D eigenvalue weighted by Crippen LogP contribution is 2.32. The fourth-order valence-corrected chi connectivity index (χ4v) is 2.72. The molecule has 0 aliphatic rings. The van der Waals surface area contributed by atoms with Crippen molar-refractivity contribution in [2.75, 3.05) is 6.61 Å². The summed E-state index contributed by atoms with van der Waals surface area (Å²) in [5.41, 5.74) is 1.40. The molecular formula is C12H9BrClNO2S. The van der Waals surface area contributed by atoms with Crippen LogP contribution in [0.25, 0.3) is 11.3 Å². The lowest BCUT2D eigenvalue weighted by molar-refractivity contribution is 0.0532. The predicted octanol–water partition coefficient (Wildman–Crippen LogP) is 4.40. The van der Waals surface area contributed by atoms with Gasteiger partial charge in [0, 0.05) is 10.0 Å². The van der Waals surface area contributed by atoms with E-state index in [1.54, 1.807) is 6.92 Å². The number of esters is 1. The van der Waals surface area contributed by atoms with Crippen LogP contribution in [0.15, 0.2) is 28.7 Å². The Morgan fingerprint density at radius 3 is 2.72 bits per heavy atom. The van der Waals surface area contributed by atoms with Gasteiger partial charge in [0.25, 0.3) is 0 Å². The summed E-state index contributed by atoms with van der Waals surface area (Å²) in [5, 5.41) is 0. The van der Waals surface area contributed by atoms with Crippen LogP contribution in [-0.2, 0) is 4.74 Å². The Hall–Kier alpha value is -0.910. The Morgan fingerprint density at radius 1 is 1.44 bits per heavy atom. The average Bonchev–Trinajstić information content (AvgIpc) is 2.73. The number of rotatable bonds is 3. The fourth-order valence-electron chi connectivity index (χ4n) is 1.43. The van der Waals surface area contributed by atoms with Gasteiger partial charge in [-0.3, -0.25) is 0 Å². The van der Waals surface area contributed by atoms with Gasteiger partial charge < -0.3 is 4.74 Å². The summed E-state index contributed by atoms with van der Waals surface area (Å²) in [6, 6.07) is 7.52. The molecular weight excluding hydrogens is 338 g/mol. The van der Waals surface area contributed by atoms with E-state index in [2.05, 4.69) is 20.9 Å². The minimum atomic E-state index is -0.389. The van der Waals surface area contributed by atoms with Crippen molar-refractivity contribution in [1.82, 2.24) is 4.98 Å². The van der Waals surface area contributed by atoms with Crippen LogP contribution in [0.5, 0.6) is 0 Å². The number of aromatic nitrogens is 1. The second-order valence-electron chi connectivity index (χ2n) is 3.37. The van der Waals surface area contributed by atoms with Crippen LogP contribution in [0.4, 0.5) is 0 Å². The highest BCUT2D eigenvalue weighted by molar-refractivity contribution is 9.10. The van der Waals surface area contributed by atoms with Crippen LogP contribution in [0.3, 0.4) is 0 Å². The maximum Gasteiger partial charge on any atom is 0.350 e. The number of hydrogen-bond acceptors (Lipinski definition) is 4. The first-order valence-electron chi connectivity index (χ1n) is 5.21. The van der Waals surface area contributed by atoms with Gasteiger partial charge in [0.2, 0.25) is 0 Å². The third-order valence-corrected chi connectivity index (χ3v) is 3.85. The molecule has 6 heteroatoms. The normalized spacial score (nSPS) is 10.4. The van der Waals surface area contributed by atoms with E-state index in [4.69, 9.17) is 16.3 Å². The number of ether oxygens (including phenoxy) is 1. The molecule has 18 heavy (non-hydrogen) atoms. The standard InChI is InChI=1S/C12H9BrClNO2S/c1-2-17-11(16)10-9(15-12(14)18-10)7-3-5-8(13)6-4-7/h3-6H,2H2,1H3. The van der Waals surface area contributed by atoms with E-state index in [1.165, 1.54) is 0 Å². The van der Waals surface area contributed by atoms with Crippen molar-refractivity contribution in [3.8, 4) is 11.3 Å². The molecule has 0 radical (unpaired) electrons. The van der Waals surface area contributed by atoms with Gasteiger partial charge in [0.15, 0.2) is 4.47 Å². The number of halogens is 2. The van der Waals surface area contributed by atoms with Crippen molar-refractivity contribution in [1.29, 1.82) is 0 Å². The Kier molecular flexibility index (Phi) is 4.37. The largest absolute Gasteiger partial charge is 0.462 e. The first-order valence-corrected chi connectivity index (χ1v) is 7.20. The van der Waals surface area contributed by atoms with Gasteiger partial charge in [0.05, 0.1) is 12.3 Å². The fraction of sp³-hybridized carbons (Fsp3) is 0.167. The molecule has 2 aromatic rings. The van der Waals surface area contributed by atoms with Crippen molar-refractivity contribution < 1.29 is 9.53 Å². The summed E-state index contributed by atoms with van der Waals surface area (Å²) >= 11 is 10.4. The van der Waals surface area contributed by atoms with Gasteiger partial charge in [-0.15, -0.1) is 0 Å². The molecule has 0 spiro atoms. The molecule has 0 saturated carbocycles. The SMILES string of the molecule is CCOC(=O)c1sc(Cl)nc1-c1ccc(Br)cc1. The first kappa shape index (κ1) is 13.5.